The van der Waals surface area contributed by atoms with Gasteiger partial charge in [-0.2, -0.15) is 0 Å². The van der Waals surface area contributed by atoms with E-state index in [1.54, 1.807) is 0 Å². The summed E-state index contributed by atoms with van der Waals surface area (Å²) in [5, 5.41) is 2.48. The van der Waals surface area contributed by atoms with Crippen LogP contribution < -0.4 is 35.4 Å². The molecular formula is C12H14Cl2P2-2. The van der Waals surface area contributed by atoms with E-state index in [4.69, 9.17) is 0 Å². The molecule has 0 aliphatic heterocycles. The standard InChI is InChI=1S/2C6H7P.2ClH/c2*7-6-4-2-1-3-5-6;;/h2*1-5H,7H2;2*1H/p-2. The number of rotatable bonds is 0. The molecule has 0 aliphatic carbocycles. The molecule has 2 unspecified atom stereocenters. The number of hydrogen-bond donors (Lipinski definition) is 0. The molecule has 0 aliphatic rings. The summed E-state index contributed by atoms with van der Waals surface area (Å²) in [6, 6.07) is 20.3. The second-order valence-electron chi connectivity index (χ2n) is 2.82. The lowest BCUT2D eigenvalue weighted by molar-refractivity contribution is -0.00100. The first-order valence-corrected chi connectivity index (χ1v) is 5.55. The summed E-state index contributed by atoms with van der Waals surface area (Å²) in [4.78, 5) is 0. The molecule has 0 saturated heterocycles. The van der Waals surface area contributed by atoms with Gasteiger partial charge in [-0.3, -0.25) is 0 Å². The molecule has 4 heteroatoms. The topological polar surface area (TPSA) is 0 Å². The maximum atomic E-state index is 2.63. The quantitative estimate of drug-likeness (QED) is 0.440. The summed E-state index contributed by atoms with van der Waals surface area (Å²) in [6.45, 7) is 0. The highest BCUT2D eigenvalue weighted by atomic mass is 35.5. The van der Waals surface area contributed by atoms with Crippen LogP contribution in [-0.4, -0.2) is 0 Å². The van der Waals surface area contributed by atoms with Crippen molar-refractivity contribution in [1.29, 1.82) is 0 Å². The zero-order chi connectivity index (χ0) is 10.2. The van der Waals surface area contributed by atoms with E-state index in [2.05, 4.69) is 18.5 Å². The zero-order valence-electron chi connectivity index (χ0n) is 8.68. The summed E-state index contributed by atoms with van der Waals surface area (Å²) in [5.41, 5.74) is 0. The van der Waals surface area contributed by atoms with Crippen molar-refractivity contribution in [2.75, 3.05) is 0 Å². The predicted molar refractivity (Wildman–Crippen MR) is 71.6 cm³/mol. The van der Waals surface area contributed by atoms with Crippen molar-refractivity contribution in [3.05, 3.63) is 60.7 Å². The van der Waals surface area contributed by atoms with Crippen molar-refractivity contribution in [3.8, 4) is 0 Å². The van der Waals surface area contributed by atoms with E-state index in [-0.39, 0.29) is 24.8 Å². The molecular weight excluding hydrogens is 277 g/mol. The summed E-state index contributed by atoms with van der Waals surface area (Å²) < 4.78 is 0. The van der Waals surface area contributed by atoms with Gasteiger partial charge in [-0.05, 0) is 10.6 Å². The lowest BCUT2D eigenvalue weighted by atomic mass is 10.4. The maximum Gasteiger partial charge on any atom is -0.0303 e. The highest BCUT2D eigenvalue weighted by Gasteiger charge is 1.72. The van der Waals surface area contributed by atoms with Gasteiger partial charge in [0, 0.05) is 0 Å². The van der Waals surface area contributed by atoms with Crippen LogP contribution in [0.5, 0.6) is 0 Å². The molecule has 0 spiro atoms. The second kappa shape index (κ2) is 11.4. The van der Waals surface area contributed by atoms with E-state index < -0.39 is 0 Å². The predicted octanol–water partition coefficient (Wildman–Crippen LogP) is -3.62. The molecule has 0 amide bonds. The van der Waals surface area contributed by atoms with Gasteiger partial charge >= 0.3 is 0 Å². The van der Waals surface area contributed by atoms with Crippen molar-refractivity contribution in [3.63, 3.8) is 0 Å². The van der Waals surface area contributed by atoms with Crippen LogP contribution in [0.25, 0.3) is 0 Å². The highest BCUT2D eigenvalue weighted by Crippen LogP contribution is 1.86. The molecule has 0 heterocycles. The monoisotopic (exact) mass is 290 g/mol. The third-order valence-corrected chi connectivity index (χ3v) is 2.37. The Morgan fingerprint density at radius 3 is 0.875 bits per heavy atom. The minimum Gasteiger partial charge on any atom is -1.00 e. The van der Waals surface area contributed by atoms with E-state index in [9.17, 15) is 0 Å². The van der Waals surface area contributed by atoms with Crippen LogP contribution in [0.2, 0.25) is 0 Å². The summed E-state index contributed by atoms with van der Waals surface area (Å²) in [7, 11) is 5.26. The fraction of sp³-hybridized carbons (Fsp3) is 0. The lowest BCUT2D eigenvalue weighted by Crippen LogP contribution is -3.00. The summed E-state index contributed by atoms with van der Waals surface area (Å²) >= 11 is 0. The Bertz CT molecular complexity index is 314. The van der Waals surface area contributed by atoms with Crippen molar-refractivity contribution in [2.45, 2.75) is 0 Å². The van der Waals surface area contributed by atoms with Gasteiger partial charge in [-0.15, -0.1) is 18.5 Å². The van der Waals surface area contributed by atoms with Gasteiger partial charge in [-0.25, -0.2) is 0 Å². The largest absolute Gasteiger partial charge is 1.00 e. The van der Waals surface area contributed by atoms with Crippen LogP contribution in [0.1, 0.15) is 0 Å². The molecule has 2 aromatic carbocycles. The molecule has 0 fully saturated rings. The Morgan fingerprint density at radius 2 is 0.750 bits per heavy atom. The minimum atomic E-state index is 0. The number of halogens is 2. The van der Waals surface area contributed by atoms with Crippen LogP contribution in [0, 0.1) is 0 Å². The summed E-state index contributed by atoms with van der Waals surface area (Å²) in [5.74, 6) is 0. The van der Waals surface area contributed by atoms with Gasteiger partial charge in [-0.1, -0.05) is 60.7 Å². The van der Waals surface area contributed by atoms with Gasteiger partial charge < -0.3 is 24.8 Å². The molecule has 0 radical (unpaired) electrons. The molecule has 88 valence electrons. The van der Waals surface area contributed by atoms with Gasteiger partial charge in [0.25, 0.3) is 0 Å². The average Bonchev–Trinajstić information content (AvgIpc) is 2.21. The summed E-state index contributed by atoms with van der Waals surface area (Å²) in [6.07, 6.45) is 0. The van der Waals surface area contributed by atoms with Crippen molar-refractivity contribution >= 4 is 29.1 Å². The van der Waals surface area contributed by atoms with E-state index in [0.717, 1.165) is 0 Å². The van der Waals surface area contributed by atoms with Crippen LogP contribution >= 0.6 is 18.5 Å². The third-order valence-electron chi connectivity index (χ3n) is 1.60. The molecule has 2 atom stereocenters. The first-order valence-electron chi connectivity index (χ1n) is 4.40. The molecule has 2 aromatic rings. The molecule has 0 bridgehead atoms. The lowest BCUT2D eigenvalue weighted by Gasteiger charge is -1.82. The van der Waals surface area contributed by atoms with Gasteiger partial charge in [0.15, 0.2) is 0 Å². The van der Waals surface area contributed by atoms with Crippen molar-refractivity contribution < 1.29 is 24.8 Å². The Labute approximate surface area is 114 Å². The van der Waals surface area contributed by atoms with Gasteiger partial charge in [0.1, 0.15) is 0 Å². The van der Waals surface area contributed by atoms with Crippen LogP contribution in [-0.2, 0) is 0 Å². The van der Waals surface area contributed by atoms with Gasteiger partial charge in [0.2, 0.25) is 0 Å². The van der Waals surface area contributed by atoms with Crippen LogP contribution in [0.3, 0.4) is 0 Å². The van der Waals surface area contributed by atoms with Crippen LogP contribution in [0.4, 0.5) is 0 Å². The molecule has 16 heavy (non-hydrogen) atoms. The molecule has 0 saturated carbocycles. The molecule has 0 aromatic heterocycles. The van der Waals surface area contributed by atoms with E-state index >= 15 is 0 Å². The number of benzene rings is 2. The van der Waals surface area contributed by atoms with E-state index in [1.165, 1.54) is 10.6 Å². The maximum absolute atomic E-state index is 2.63. The first-order chi connectivity index (χ1) is 6.79. The smallest absolute Gasteiger partial charge is 0.0303 e. The fourth-order valence-corrected chi connectivity index (χ4v) is 1.35. The Kier molecular flexibility index (Phi) is 13.0. The van der Waals surface area contributed by atoms with Crippen LogP contribution in [0.15, 0.2) is 60.7 Å². The Hall–Kier alpha value is -0.120. The van der Waals surface area contributed by atoms with E-state index in [1.807, 2.05) is 60.7 Å². The minimum absolute atomic E-state index is 0. The third kappa shape index (κ3) is 9.13. The Morgan fingerprint density at radius 1 is 0.500 bits per heavy atom. The Balaban J connectivity index is 0. The fourth-order valence-electron chi connectivity index (χ4n) is 0.906. The number of hydrogen-bond acceptors (Lipinski definition) is 0. The normalized spacial score (nSPS) is 7.62. The average molecular weight is 291 g/mol. The SMILES string of the molecule is Pc1ccccc1.Pc1ccccc1.[Cl-].[Cl-]. The van der Waals surface area contributed by atoms with E-state index in [0.29, 0.717) is 0 Å². The molecule has 0 N–H and O–H groups in total. The van der Waals surface area contributed by atoms with Crippen molar-refractivity contribution in [1.82, 2.24) is 0 Å². The zero-order valence-corrected chi connectivity index (χ0v) is 12.5. The van der Waals surface area contributed by atoms with Crippen molar-refractivity contribution in [2.24, 2.45) is 0 Å². The van der Waals surface area contributed by atoms with Gasteiger partial charge in [0.05, 0.1) is 0 Å². The molecule has 0 nitrogen and oxygen atoms in total. The highest BCUT2D eigenvalue weighted by molar-refractivity contribution is 7.27. The first kappa shape index (κ1) is 18.3. The second-order valence-corrected chi connectivity index (χ2v) is 4.15. The molecule has 2 rings (SSSR count).